The number of ether oxygens (including phenoxy) is 1. The van der Waals surface area contributed by atoms with Gasteiger partial charge in [0.1, 0.15) is 23.4 Å². The molecule has 2 aliphatic rings. The second kappa shape index (κ2) is 8.08. The van der Waals surface area contributed by atoms with Crippen LogP contribution >= 0.6 is 0 Å². The first-order valence-electron chi connectivity index (χ1n) is 11.0. The molecule has 2 aromatic heterocycles. The van der Waals surface area contributed by atoms with Crippen molar-refractivity contribution in [2.75, 3.05) is 35.6 Å². The zero-order valence-electron chi connectivity index (χ0n) is 18.7. The number of amides is 1. The van der Waals surface area contributed by atoms with Gasteiger partial charge >= 0.3 is 0 Å². The van der Waals surface area contributed by atoms with Crippen LogP contribution in [0.4, 0.5) is 17.2 Å². The van der Waals surface area contributed by atoms with Crippen LogP contribution in [0, 0.1) is 5.92 Å². The van der Waals surface area contributed by atoms with Crippen molar-refractivity contribution < 1.29 is 19.1 Å². The number of aromatic nitrogens is 2. The standard InChI is InChI=1S/C24H27N5O4/c1-24(2)10-16-7-17(19(9-20(16)33-24)29-6-4-14(11-29)12-30)27-22(31)18-13-32-23(28-18)15-3-5-26-21(25)8-15/h3,5,7-9,13-14,30H,4,6,10-12H2,1-2H3,(H2,25,26)(H,27,31). The number of anilines is 3. The number of hydrogen-bond acceptors (Lipinski definition) is 8. The summed E-state index contributed by atoms with van der Waals surface area (Å²) in [6.45, 7) is 5.76. The Balaban J connectivity index is 1.43. The van der Waals surface area contributed by atoms with Crippen LogP contribution in [0.15, 0.2) is 41.1 Å². The molecule has 1 atom stereocenters. The SMILES string of the molecule is CC1(C)Cc2cc(NC(=O)c3coc(-c4ccnc(N)c4)n3)c(N3CCC(CO)C3)cc2O1. The van der Waals surface area contributed by atoms with E-state index in [2.05, 4.69) is 20.2 Å². The Morgan fingerprint density at radius 1 is 1.36 bits per heavy atom. The summed E-state index contributed by atoms with van der Waals surface area (Å²) >= 11 is 0. The van der Waals surface area contributed by atoms with Crippen molar-refractivity contribution in [2.45, 2.75) is 32.3 Å². The van der Waals surface area contributed by atoms with Gasteiger partial charge in [0.2, 0.25) is 5.89 Å². The summed E-state index contributed by atoms with van der Waals surface area (Å²) in [5.41, 5.74) is 8.86. The molecule has 0 aliphatic carbocycles. The van der Waals surface area contributed by atoms with Gasteiger partial charge in [-0.3, -0.25) is 4.79 Å². The molecule has 1 amide bonds. The molecule has 0 saturated carbocycles. The number of rotatable bonds is 5. The van der Waals surface area contributed by atoms with Crippen molar-refractivity contribution >= 4 is 23.1 Å². The number of oxazole rings is 1. The minimum atomic E-state index is -0.371. The van der Waals surface area contributed by atoms with Crippen molar-refractivity contribution in [2.24, 2.45) is 5.92 Å². The van der Waals surface area contributed by atoms with Gasteiger partial charge in [-0.2, -0.15) is 0 Å². The molecule has 1 fully saturated rings. The van der Waals surface area contributed by atoms with Crippen LogP contribution in [0.1, 0.15) is 36.3 Å². The summed E-state index contributed by atoms with van der Waals surface area (Å²) in [5, 5.41) is 12.6. The van der Waals surface area contributed by atoms with Gasteiger partial charge in [-0.15, -0.1) is 0 Å². The van der Waals surface area contributed by atoms with E-state index in [4.69, 9.17) is 14.9 Å². The average Bonchev–Trinajstić information content (AvgIpc) is 3.50. The number of aliphatic hydroxyl groups excluding tert-OH is 1. The molecule has 4 heterocycles. The highest BCUT2D eigenvalue weighted by Gasteiger charge is 2.33. The number of nitrogens with two attached hydrogens (primary N) is 1. The van der Waals surface area contributed by atoms with Crippen molar-refractivity contribution in [3.05, 3.63) is 48.0 Å². The number of nitrogens with zero attached hydrogens (tertiary/aromatic N) is 3. The molecule has 3 aromatic rings. The first kappa shape index (κ1) is 21.3. The smallest absolute Gasteiger partial charge is 0.277 e. The zero-order valence-corrected chi connectivity index (χ0v) is 18.7. The van der Waals surface area contributed by atoms with Gasteiger partial charge in [0.15, 0.2) is 5.69 Å². The Labute approximate surface area is 191 Å². The lowest BCUT2D eigenvalue weighted by molar-refractivity contribution is 0.102. The van der Waals surface area contributed by atoms with E-state index < -0.39 is 0 Å². The number of carbonyl (C=O) groups excluding carboxylic acids is 1. The van der Waals surface area contributed by atoms with Crippen molar-refractivity contribution in [3.8, 4) is 17.2 Å². The molecule has 9 nitrogen and oxygen atoms in total. The normalized spacial score (nSPS) is 18.8. The Kier molecular flexibility index (Phi) is 5.20. The fourth-order valence-corrected chi connectivity index (χ4v) is 4.48. The number of fused-ring (bicyclic) bond motifs is 1. The van der Waals surface area contributed by atoms with Crippen molar-refractivity contribution in [3.63, 3.8) is 0 Å². The van der Waals surface area contributed by atoms with Crippen molar-refractivity contribution in [1.29, 1.82) is 0 Å². The molecule has 33 heavy (non-hydrogen) atoms. The first-order valence-corrected chi connectivity index (χ1v) is 11.0. The van der Waals surface area contributed by atoms with E-state index in [1.54, 1.807) is 18.3 Å². The number of benzene rings is 1. The predicted molar refractivity (Wildman–Crippen MR) is 124 cm³/mol. The predicted octanol–water partition coefficient (Wildman–Crippen LogP) is 3.10. The summed E-state index contributed by atoms with van der Waals surface area (Å²) in [6, 6.07) is 7.33. The van der Waals surface area contributed by atoms with E-state index in [-0.39, 0.29) is 29.7 Å². The van der Waals surface area contributed by atoms with Crippen LogP contribution in [0.2, 0.25) is 0 Å². The van der Waals surface area contributed by atoms with E-state index >= 15 is 0 Å². The highest BCUT2D eigenvalue weighted by atomic mass is 16.5. The van der Waals surface area contributed by atoms with Gasteiger partial charge in [0.25, 0.3) is 5.91 Å². The van der Waals surface area contributed by atoms with Crippen LogP contribution in [0.25, 0.3) is 11.5 Å². The van der Waals surface area contributed by atoms with E-state index in [1.807, 2.05) is 26.0 Å². The second-order valence-electron chi connectivity index (χ2n) is 9.26. The molecule has 4 N–H and O–H groups in total. The maximum atomic E-state index is 13.1. The number of carbonyl (C=O) groups is 1. The lowest BCUT2D eigenvalue weighted by Gasteiger charge is -2.23. The molecule has 172 valence electrons. The molecule has 5 rings (SSSR count). The van der Waals surface area contributed by atoms with Gasteiger partial charge in [-0.05, 0) is 38.5 Å². The average molecular weight is 450 g/mol. The van der Waals surface area contributed by atoms with Gasteiger partial charge in [0.05, 0.1) is 11.4 Å². The van der Waals surface area contributed by atoms with Gasteiger partial charge in [0, 0.05) is 55.4 Å². The second-order valence-corrected chi connectivity index (χ2v) is 9.26. The summed E-state index contributed by atoms with van der Waals surface area (Å²) < 4.78 is 11.6. The lowest BCUT2D eigenvalue weighted by Crippen LogP contribution is -2.24. The van der Waals surface area contributed by atoms with Crippen LogP contribution in [-0.4, -0.2) is 46.3 Å². The third-order valence-corrected chi connectivity index (χ3v) is 6.08. The third kappa shape index (κ3) is 4.23. The first-order chi connectivity index (χ1) is 15.8. The fourth-order valence-electron chi connectivity index (χ4n) is 4.48. The quantitative estimate of drug-likeness (QED) is 0.542. The van der Waals surface area contributed by atoms with E-state index in [1.165, 1.54) is 6.26 Å². The van der Waals surface area contributed by atoms with E-state index in [0.717, 1.165) is 42.9 Å². The van der Waals surface area contributed by atoms with E-state index in [9.17, 15) is 9.90 Å². The van der Waals surface area contributed by atoms with Crippen LogP contribution < -0.4 is 20.7 Å². The topological polar surface area (TPSA) is 127 Å². The minimum absolute atomic E-state index is 0.147. The molecule has 1 unspecified atom stereocenters. The molecular weight excluding hydrogens is 422 g/mol. The molecule has 0 spiro atoms. The number of hydrogen-bond donors (Lipinski definition) is 3. The highest BCUT2D eigenvalue weighted by molar-refractivity contribution is 6.05. The van der Waals surface area contributed by atoms with Crippen LogP contribution in [0.3, 0.4) is 0 Å². The summed E-state index contributed by atoms with van der Waals surface area (Å²) in [7, 11) is 0. The molecular formula is C24H27N5O4. The zero-order chi connectivity index (χ0) is 23.2. The minimum Gasteiger partial charge on any atom is -0.487 e. The molecule has 0 radical (unpaired) electrons. The molecule has 9 heteroatoms. The summed E-state index contributed by atoms with van der Waals surface area (Å²) in [5.74, 6) is 1.31. The van der Waals surface area contributed by atoms with Gasteiger partial charge in [-0.25, -0.2) is 9.97 Å². The highest BCUT2D eigenvalue weighted by Crippen LogP contribution is 2.42. The van der Waals surface area contributed by atoms with Gasteiger partial charge in [-0.1, -0.05) is 0 Å². The monoisotopic (exact) mass is 449 g/mol. The number of aliphatic hydroxyl groups is 1. The third-order valence-electron chi connectivity index (χ3n) is 6.08. The van der Waals surface area contributed by atoms with Gasteiger partial charge < -0.3 is 30.2 Å². The molecule has 1 saturated heterocycles. The number of nitrogens with one attached hydrogen (secondary N) is 1. The number of pyridine rings is 1. The molecule has 1 aromatic carbocycles. The Morgan fingerprint density at radius 2 is 2.21 bits per heavy atom. The maximum absolute atomic E-state index is 13.1. The Morgan fingerprint density at radius 3 is 2.97 bits per heavy atom. The Hall–Kier alpha value is -3.59. The number of nitrogen functional groups attached to an aromatic ring is 1. The van der Waals surface area contributed by atoms with Crippen LogP contribution in [0.5, 0.6) is 5.75 Å². The fraction of sp³-hybridized carbons (Fsp3) is 0.375. The Bertz CT molecular complexity index is 1210. The molecule has 0 bridgehead atoms. The van der Waals surface area contributed by atoms with Crippen molar-refractivity contribution in [1.82, 2.24) is 9.97 Å². The lowest BCUT2D eigenvalue weighted by atomic mass is 10.0. The summed E-state index contributed by atoms with van der Waals surface area (Å²) in [6.07, 6.45) is 4.54. The van der Waals surface area contributed by atoms with E-state index in [0.29, 0.717) is 23.0 Å². The molecule has 2 aliphatic heterocycles. The van der Waals surface area contributed by atoms with Crippen LogP contribution in [-0.2, 0) is 6.42 Å². The maximum Gasteiger partial charge on any atom is 0.277 e. The summed E-state index contributed by atoms with van der Waals surface area (Å²) in [4.78, 5) is 23.6. The largest absolute Gasteiger partial charge is 0.487 e.